The molecule has 8 heteroatoms. The van der Waals surface area contributed by atoms with Crippen molar-refractivity contribution < 1.29 is 23.8 Å². The van der Waals surface area contributed by atoms with Crippen molar-refractivity contribution >= 4 is 29.2 Å². The van der Waals surface area contributed by atoms with Gasteiger partial charge in [-0.3, -0.25) is 9.59 Å². The van der Waals surface area contributed by atoms with Crippen LogP contribution in [0, 0.1) is 11.3 Å². The molecule has 0 saturated carbocycles. The maximum atomic E-state index is 12.7. The van der Waals surface area contributed by atoms with Crippen molar-refractivity contribution in [2.75, 3.05) is 31.3 Å². The van der Waals surface area contributed by atoms with Crippen LogP contribution >= 0.6 is 11.6 Å². The summed E-state index contributed by atoms with van der Waals surface area (Å²) < 4.78 is 16.2. The van der Waals surface area contributed by atoms with E-state index in [-0.39, 0.29) is 19.4 Å². The summed E-state index contributed by atoms with van der Waals surface area (Å²) in [4.78, 5) is 26.1. The van der Waals surface area contributed by atoms with Gasteiger partial charge in [0.1, 0.15) is 13.2 Å². The minimum absolute atomic E-state index is 0.0344. The van der Waals surface area contributed by atoms with Gasteiger partial charge < -0.3 is 19.1 Å². The average Bonchev–Trinajstić information content (AvgIpc) is 2.74. The Morgan fingerprint density at radius 2 is 1.83 bits per heavy atom. The van der Waals surface area contributed by atoms with Gasteiger partial charge in [-0.05, 0) is 29.8 Å². The van der Waals surface area contributed by atoms with E-state index in [1.54, 1.807) is 42.5 Å². The van der Waals surface area contributed by atoms with E-state index < -0.39 is 18.5 Å². The zero-order chi connectivity index (χ0) is 20.6. The van der Waals surface area contributed by atoms with Crippen LogP contribution < -0.4 is 14.4 Å². The molecule has 0 aliphatic carbocycles. The molecule has 3 rings (SSSR count). The molecule has 0 unspecified atom stereocenters. The lowest BCUT2D eigenvalue weighted by atomic mass is 10.1. The van der Waals surface area contributed by atoms with Gasteiger partial charge in [-0.25, -0.2) is 0 Å². The second kappa shape index (κ2) is 9.80. The fourth-order valence-electron chi connectivity index (χ4n) is 2.80. The van der Waals surface area contributed by atoms with Gasteiger partial charge in [0.05, 0.1) is 18.9 Å². The van der Waals surface area contributed by atoms with Crippen LogP contribution in [0.2, 0.25) is 5.02 Å². The summed E-state index contributed by atoms with van der Waals surface area (Å²) in [7, 11) is 0. The Labute approximate surface area is 173 Å². The van der Waals surface area contributed by atoms with Gasteiger partial charge in [0.2, 0.25) is 0 Å². The number of carbonyl (C=O) groups is 2. The van der Waals surface area contributed by atoms with E-state index in [4.69, 9.17) is 31.1 Å². The van der Waals surface area contributed by atoms with Crippen LogP contribution in [-0.4, -0.2) is 38.2 Å². The predicted molar refractivity (Wildman–Crippen MR) is 106 cm³/mol. The van der Waals surface area contributed by atoms with Gasteiger partial charge in [-0.15, -0.1) is 0 Å². The number of hydrogen-bond acceptors (Lipinski definition) is 6. The van der Waals surface area contributed by atoms with Crippen molar-refractivity contribution in [3.63, 3.8) is 0 Å². The Hall–Kier alpha value is -3.24. The molecule has 1 aliphatic rings. The van der Waals surface area contributed by atoms with Crippen molar-refractivity contribution in [2.45, 2.75) is 12.8 Å². The highest BCUT2D eigenvalue weighted by Crippen LogP contribution is 2.34. The maximum Gasteiger partial charge on any atom is 0.310 e. The minimum atomic E-state index is -0.525. The van der Waals surface area contributed by atoms with Crippen molar-refractivity contribution in [1.82, 2.24) is 0 Å². The first kappa shape index (κ1) is 20.5. The number of nitrogens with zero attached hydrogens (tertiary/aromatic N) is 2. The monoisotopic (exact) mass is 414 g/mol. The third kappa shape index (κ3) is 5.62. The molecule has 1 aliphatic heterocycles. The Balaban J connectivity index is 1.63. The predicted octanol–water partition coefficient (Wildman–Crippen LogP) is 3.14. The standard InChI is InChI=1S/C21H19ClN2O5/c22-16-4-2-15(3-5-16)12-21(26)29-14-20(25)24(9-1-8-23)17-6-7-18-19(13-17)28-11-10-27-18/h2-7,13H,1,9-12,14H2. The zero-order valence-electron chi connectivity index (χ0n) is 15.6. The number of benzene rings is 2. The van der Waals surface area contributed by atoms with E-state index in [1.165, 1.54) is 4.90 Å². The quantitative estimate of drug-likeness (QED) is 0.646. The Morgan fingerprint density at radius 3 is 2.55 bits per heavy atom. The number of rotatable bonds is 7. The molecule has 0 N–H and O–H groups in total. The summed E-state index contributed by atoms with van der Waals surface area (Å²) in [6.07, 6.45) is 0.172. The Kier molecular flexibility index (Phi) is 6.93. The maximum absolute atomic E-state index is 12.7. The van der Waals surface area contributed by atoms with Gasteiger partial charge in [0.25, 0.3) is 5.91 Å². The second-order valence-electron chi connectivity index (χ2n) is 6.25. The van der Waals surface area contributed by atoms with Crippen LogP contribution in [0.15, 0.2) is 42.5 Å². The molecule has 0 spiro atoms. The van der Waals surface area contributed by atoms with Crippen LogP contribution in [0.5, 0.6) is 11.5 Å². The number of carbonyl (C=O) groups excluding carboxylic acids is 2. The number of nitriles is 1. The molecule has 2 aromatic carbocycles. The number of amides is 1. The third-order valence-corrected chi connectivity index (χ3v) is 4.46. The van der Waals surface area contributed by atoms with Crippen LogP contribution in [-0.2, 0) is 20.7 Å². The second-order valence-corrected chi connectivity index (χ2v) is 6.68. The largest absolute Gasteiger partial charge is 0.486 e. The first-order chi connectivity index (χ1) is 14.1. The summed E-state index contributed by atoms with van der Waals surface area (Å²) in [5, 5.41) is 9.48. The van der Waals surface area contributed by atoms with E-state index >= 15 is 0 Å². The molecule has 0 aromatic heterocycles. The molecular weight excluding hydrogens is 396 g/mol. The molecule has 0 radical (unpaired) electrons. The smallest absolute Gasteiger partial charge is 0.310 e. The highest BCUT2D eigenvalue weighted by Gasteiger charge is 2.20. The molecule has 1 heterocycles. The van der Waals surface area contributed by atoms with E-state index in [2.05, 4.69) is 0 Å². The fourth-order valence-corrected chi connectivity index (χ4v) is 2.93. The van der Waals surface area contributed by atoms with E-state index in [1.807, 2.05) is 6.07 Å². The van der Waals surface area contributed by atoms with Crippen LogP contribution in [0.3, 0.4) is 0 Å². The number of hydrogen-bond donors (Lipinski definition) is 0. The molecule has 29 heavy (non-hydrogen) atoms. The van der Waals surface area contributed by atoms with Gasteiger partial charge in [-0.1, -0.05) is 23.7 Å². The number of halogens is 1. The number of anilines is 1. The molecule has 0 saturated heterocycles. The first-order valence-corrected chi connectivity index (χ1v) is 9.41. The number of fused-ring (bicyclic) bond motifs is 1. The molecule has 0 bridgehead atoms. The molecule has 2 aromatic rings. The average molecular weight is 415 g/mol. The van der Waals surface area contributed by atoms with Crippen LogP contribution in [0.25, 0.3) is 0 Å². The van der Waals surface area contributed by atoms with Crippen LogP contribution in [0.4, 0.5) is 5.69 Å². The molecule has 0 atom stereocenters. The summed E-state index contributed by atoms with van der Waals surface area (Å²) in [5.41, 5.74) is 1.28. The minimum Gasteiger partial charge on any atom is -0.486 e. The lowest BCUT2D eigenvalue weighted by Crippen LogP contribution is -2.35. The summed E-state index contributed by atoms with van der Waals surface area (Å²) in [5.74, 6) is 0.176. The van der Waals surface area contributed by atoms with Gasteiger partial charge in [0, 0.05) is 23.3 Å². The highest BCUT2D eigenvalue weighted by molar-refractivity contribution is 6.30. The normalized spacial score (nSPS) is 12.0. The molecular formula is C21H19ClN2O5. The molecule has 7 nitrogen and oxygen atoms in total. The molecule has 150 valence electrons. The summed E-state index contributed by atoms with van der Waals surface area (Å²) in [6.45, 7) is 0.633. The van der Waals surface area contributed by atoms with E-state index in [0.717, 1.165) is 5.56 Å². The van der Waals surface area contributed by atoms with Crippen molar-refractivity contribution in [1.29, 1.82) is 5.26 Å². The fraction of sp³-hybridized carbons (Fsp3) is 0.286. The Bertz CT molecular complexity index is 924. The molecule has 1 amide bonds. The SMILES string of the molecule is N#CCCN(C(=O)COC(=O)Cc1ccc(Cl)cc1)c1ccc2c(c1)OCCO2. The van der Waals surface area contributed by atoms with Gasteiger partial charge in [-0.2, -0.15) is 5.26 Å². The Morgan fingerprint density at radius 1 is 1.10 bits per heavy atom. The first-order valence-electron chi connectivity index (χ1n) is 9.04. The van der Waals surface area contributed by atoms with Crippen molar-refractivity contribution in [2.24, 2.45) is 0 Å². The van der Waals surface area contributed by atoms with E-state index in [0.29, 0.717) is 35.4 Å². The topological polar surface area (TPSA) is 88.9 Å². The van der Waals surface area contributed by atoms with Crippen molar-refractivity contribution in [3.05, 3.63) is 53.1 Å². The zero-order valence-corrected chi connectivity index (χ0v) is 16.4. The molecule has 0 fully saturated rings. The van der Waals surface area contributed by atoms with Gasteiger partial charge in [0.15, 0.2) is 18.1 Å². The van der Waals surface area contributed by atoms with Crippen molar-refractivity contribution in [3.8, 4) is 17.6 Å². The van der Waals surface area contributed by atoms with Gasteiger partial charge >= 0.3 is 5.97 Å². The third-order valence-electron chi connectivity index (χ3n) is 4.20. The summed E-state index contributed by atoms with van der Waals surface area (Å²) >= 11 is 5.82. The highest BCUT2D eigenvalue weighted by atomic mass is 35.5. The lowest BCUT2D eigenvalue weighted by molar-refractivity contribution is -0.147. The number of esters is 1. The van der Waals surface area contributed by atoms with E-state index in [9.17, 15) is 9.59 Å². The lowest BCUT2D eigenvalue weighted by Gasteiger charge is -2.24. The van der Waals surface area contributed by atoms with Crippen LogP contribution in [0.1, 0.15) is 12.0 Å². The number of ether oxygens (including phenoxy) is 3. The summed E-state index contributed by atoms with van der Waals surface area (Å²) in [6, 6.07) is 13.9.